The van der Waals surface area contributed by atoms with Crippen LogP contribution in [0.15, 0.2) is 36.7 Å². The van der Waals surface area contributed by atoms with E-state index >= 15 is 0 Å². The van der Waals surface area contributed by atoms with Gasteiger partial charge in [0.15, 0.2) is 0 Å². The van der Waals surface area contributed by atoms with E-state index in [9.17, 15) is 0 Å². The maximum absolute atomic E-state index is 5.91. The lowest BCUT2D eigenvalue weighted by atomic mass is 10.2. The summed E-state index contributed by atoms with van der Waals surface area (Å²) in [5.41, 5.74) is 1.14. The Labute approximate surface area is 106 Å². The van der Waals surface area contributed by atoms with Gasteiger partial charge in [0.25, 0.3) is 0 Å². The van der Waals surface area contributed by atoms with Gasteiger partial charge in [0.05, 0.1) is 0 Å². The minimum absolute atomic E-state index is 0.628. The molecule has 3 heteroatoms. The standard InChI is InChI=1S/C14H15ClN2/c15-12-7-5-11(6-8-12)14-16-9-10-17(14)13-3-1-2-4-13/h5-10,13H,1-4H2. The van der Waals surface area contributed by atoms with Crippen molar-refractivity contribution in [2.24, 2.45) is 0 Å². The third kappa shape index (κ3) is 2.09. The molecule has 2 nitrogen and oxygen atoms in total. The lowest BCUT2D eigenvalue weighted by Gasteiger charge is -2.14. The molecule has 0 radical (unpaired) electrons. The fourth-order valence-electron chi connectivity index (χ4n) is 2.61. The molecule has 0 N–H and O–H groups in total. The smallest absolute Gasteiger partial charge is 0.140 e. The van der Waals surface area contributed by atoms with Crippen molar-refractivity contribution >= 4 is 11.6 Å². The quantitative estimate of drug-likeness (QED) is 0.772. The molecule has 2 aromatic rings. The average molecular weight is 247 g/mol. The molecule has 1 aromatic heterocycles. The van der Waals surface area contributed by atoms with Crippen molar-refractivity contribution in [1.82, 2.24) is 9.55 Å². The van der Waals surface area contributed by atoms with Crippen molar-refractivity contribution in [3.63, 3.8) is 0 Å². The normalized spacial score (nSPS) is 16.5. The maximum Gasteiger partial charge on any atom is 0.140 e. The lowest BCUT2D eigenvalue weighted by Crippen LogP contribution is -2.05. The largest absolute Gasteiger partial charge is 0.328 e. The van der Waals surface area contributed by atoms with Gasteiger partial charge >= 0.3 is 0 Å². The Bertz CT molecular complexity index is 495. The van der Waals surface area contributed by atoms with Gasteiger partial charge in [0, 0.05) is 29.0 Å². The van der Waals surface area contributed by atoms with Crippen LogP contribution in [-0.2, 0) is 0 Å². The molecule has 0 saturated heterocycles. The van der Waals surface area contributed by atoms with Crippen molar-refractivity contribution < 1.29 is 0 Å². The Morgan fingerprint density at radius 3 is 2.53 bits per heavy atom. The van der Waals surface area contributed by atoms with Crippen LogP contribution in [0.1, 0.15) is 31.7 Å². The predicted molar refractivity (Wildman–Crippen MR) is 70.2 cm³/mol. The first-order valence-electron chi connectivity index (χ1n) is 6.13. The molecular formula is C14H15ClN2. The first kappa shape index (κ1) is 10.8. The van der Waals surface area contributed by atoms with Gasteiger partial charge in [-0.25, -0.2) is 4.98 Å². The van der Waals surface area contributed by atoms with Gasteiger partial charge in [-0.1, -0.05) is 24.4 Å². The molecule has 3 rings (SSSR count). The molecule has 0 aliphatic heterocycles. The van der Waals surface area contributed by atoms with Crippen LogP contribution in [-0.4, -0.2) is 9.55 Å². The van der Waals surface area contributed by atoms with Gasteiger partial charge in [0.1, 0.15) is 5.82 Å². The minimum atomic E-state index is 0.628. The Morgan fingerprint density at radius 2 is 1.82 bits per heavy atom. The van der Waals surface area contributed by atoms with E-state index in [1.807, 2.05) is 30.5 Å². The van der Waals surface area contributed by atoms with Gasteiger partial charge in [-0.05, 0) is 37.1 Å². The molecule has 17 heavy (non-hydrogen) atoms. The summed E-state index contributed by atoms with van der Waals surface area (Å²) in [5, 5.41) is 0.771. The fraction of sp³-hybridized carbons (Fsp3) is 0.357. The number of hydrogen-bond donors (Lipinski definition) is 0. The summed E-state index contributed by atoms with van der Waals surface area (Å²) >= 11 is 5.91. The van der Waals surface area contributed by atoms with E-state index in [2.05, 4.69) is 15.7 Å². The number of nitrogens with zero attached hydrogens (tertiary/aromatic N) is 2. The first-order valence-corrected chi connectivity index (χ1v) is 6.51. The van der Waals surface area contributed by atoms with E-state index in [0.717, 1.165) is 16.4 Å². The summed E-state index contributed by atoms with van der Waals surface area (Å²) in [6.07, 6.45) is 9.21. The van der Waals surface area contributed by atoms with Gasteiger partial charge in [-0.15, -0.1) is 0 Å². The molecule has 1 fully saturated rings. The monoisotopic (exact) mass is 246 g/mol. The SMILES string of the molecule is Clc1ccc(-c2nccn2C2CCCC2)cc1. The molecule has 1 saturated carbocycles. The summed E-state index contributed by atoms with van der Waals surface area (Å²) in [6.45, 7) is 0. The maximum atomic E-state index is 5.91. The third-order valence-electron chi connectivity index (χ3n) is 3.49. The molecule has 0 spiro atoms. The number of imidazole rings is 1. The number of rotatable bonds is 2. The van der Waals surface area contributed by atoms with Crippen molar-refractivity contribution in [3.05, 3.63) is 41.7 Å². The molecule has 88 valence electrons. The van der Waals surface area contributed by atoms with Crippen molar-refractivity contribution in [2.45, 2.75) is 31.7 Å². The molecule has 0 atom stereocenters. The highest BCUT2D eigenvalue weighted by molar-refractivity contribution is 6.30. The molecule has 1 aliphatic rings. The van der Waals surface area contributed by atoms with E-state index in [-0.39, 0.29) is 0 Å². The number of aromatic nitrogens is 2. The second kappa shape index (κ2) is 4.53. The predicted octanol–water partition coefficient (Wildman–Crippen LogP) is 4.32. The Kier molecular flexibility index (Phi) is 2.89. The van der Waals surface area contributed by atoms with Crippen LogP contribution in [0, 0.1) is 0 Å². The highest BCUT2D eigenvalue weighted by Crippen LogP contribution is 2.33. The molecule has 0 amide bonds. The Morgan fingerprint density at radius 1 is 1.12 bits per heavy atom. The fourth-order valence-corrected chi connectivity index (χ4v) is 2.74. The summed E-state index contributed by atoms with van der Waals surface area (Å²) in [7, 11) is 0. The van der Waals surface area contributed by atoms with Crippen LogP contribution in [0.2, 0.25) is 5.02 Å². The van der Waals surface area contributed by atoms with Crippen LogP contribution >= 0.6 is 11.6 Å². The zero-order chi connectivity index (χ0) is 11.7. The van der Waals surface area contributed by atoms with Crippen LogP contribution in [0.25, 0.3) is 11.4 Å². The summed E-state index contributed by atoms with van der Waals surface area (Å²) < 4.78 is 2.32. The van der Waals surface area contributed by atoms with Gasteiger partial charge in [0.2, 0.25) is 0 Å². The second-order valence-corrected chi connectivity index (χ2v) is 5.04. The number of hydrogen-bond acceptors (Lipinski definition) is 1. The van der Waals surface area contributed by atoms with Gasteiger partial charge in [-0.2, -0.15) is 0 Å². The molecule has 0 unspecified atom stereocenters. The summed E-state index contributed by atoms with van der Waals surface area (Å²) in [4.78, 5) is 4.48. The van der Waals surface area contributed by atoms with Crippen LogP contribution < -0.4 is 0 Å². The summed E-state index contributed by atoms with van der Waals surface area (Å²) in [5.74, 6) is 1.06. The lowest BCUT2D eigenvalue weighted by molar-refractivity contribution is 0.523. The number of halogens is 1. The van der Waals surface area contributed by atoms with Gasteiger partial charge in [-0.3, -0.25) is 0 Å². The van der Waals surface area contributed by atoms with E-state index in [1.165, 1.54) is 25.7 Å². The average Bonchev–Trinajstić information content (AvgIpc) is 3.00. The molecule has 1 aromatic carbocycles. The molecule has 1 heterocycles. The Hall–Kier alpha value is -1.28. The van der Waals surface area contributed by atoms with E-state index in [4.69, 9.17) is 11.6 Å². The van der Waals surface area contributed by atoms with Crippen molar-refractivity contribution in [1.29, 1.82) is 0 Å². The van der Waals surface area contributed by atoms with E-state index < -0.39 is 0 Å². The molecule has 1 aliphatic carbocycles. The summed E-state index contributed by atoms with van der Waals surface area (Å²) in [6, 6.07) is 8.55. The van der Waals surface area contributed by atoms with E-state index in [1.54, 1.807) is 0 Å². The Balaban J connectivity index is 1.97. The third-order valence-corrected chi connectivity index (χ3v) is 3.74. The minimum Gasteiger partial charge on any atom is -0.328 e. The first-order chi connectivity index (χ1) is 8.34. The van der Waals surface area contributed by atoms with Crippen molar-refractivity contribution in [3.8, 4) is 11.4 Å². The van der Waals surface area contributed by atoms with E-state index in [0.29, 0.717) is 6.04 Å². The zero-order valence-corrected chi connectivity index (χ0v) is 10.4. The highest BCUT2D eigenvalue weighted by Gasteiger charge is 2.19. The van der Waals surface area contributed by atoms with Crippen LogP contribution in [0.4, 0.5) is 0 Å². The van der Waals surface area contributed by atoms with Crippen molar-refractivity contribution in [2.75, 3.05) is 0 Å². The van der Waals surface area contributed by atoms with Gasteiger partial charge < -0.3 is 4.57 Å². The van der Waals surface area contributed by atoms with Crippen LogP contribution in [0.3, 0.4) is 0 Å². The topological polar surface area (TPSA) is 17.8 Å². The number of benzene rings is 1. The van der Waals surface area contributed by atoms with Crippen LogP contribution in [0.5, 0.6) is 0 Å². The molecule has 0 bridgehead atoms. The second-order valence-electron chi connectivity index (χ2n) is 4.60. The zero-order valence-electron chi connectivity index (χ0n) is 9.64. The molecular weight excluding hydrogens is 232 g/mol. The highest BCUT2D eigenvalue weighted by atomic mass is 35.5.